The minimum atomic E-state index is -0.788. The number of aliphatic hydroxyl groups is 1. The van der Waals surface area contributed by atoms with Crippen molar-refractivity contribution >= 4 is 23.1 Å². The molecule has 1 aromatic carbocycles. The Labute approximate surface area is 248 Å². The number of fused-ring (bicyclic) bond motifs is 1. The van der Waals surface area contributed by atoms with E-state index in [2.05, 4.69) is 30.7 Å². The number of ether oxygens (including phenoxy) is 2. The number of rotatable bonds is 15. The first-order valence-electron chi connectivity index (χ1n) is 15.2. The van der Waals surface area contributed by atoms with Crippen molar-refractivity contribution in [3.8, 4) is 11.5 Å². The lowest BCUT2D eigenvalue weighted by atomic mass is 9.95. The molecular weight excluding hydrogens is 532 g/mol. The van der Waals surface area contributed by atoms with Crippen molar-refractivity contribution in [1.82, 2.24) is 19.2 Å². The predicted octanol–water partition coefficient (Wildman–Crippen LogP) is 5.76. The molecule has 0 radical (unpaired) electrons. The maximum atomic E-state index is 13.7. The van der Waals surface area contributed by atoms with E-state index in [-0.39, 0.29) is 11.3 Å². The molecule has 1 aliphatic heterocycles. The van der Waals surface area contributed by atoms with Crippen LogP contribution < -0.4 is 9.47 Å². The minimum absolute atomic E-state index is 0.0515. The summed E-state index contributed by atoms with van der Waals surface area (Å²) >= 11 is 0. The Morgan fingerprint density at radius 1 is 1.00 bits per heavy atom. The van der Waals surface area contributed by atoms with Gasteiger partial charge in [0.1, 0.15) is 11.3 Å². The number of likely N-dealkylation sites (tertiary alicyclic amines) is 1. The summed E-state index contributed by atoms with van der Waals surface area (Å²) < 4.78 is 13.7. The molecule has 1 unspecified atom stereocenters. The average molecular weight is 577 g/mol. The maximum absolute atomic E-state index is 13.7. The first-order chi connectivity index (χ1) is 20.4. The van der Waals surface area contributed by atoms with Gasteiger partial charge in [-0.2, -0.15) is 0 Å². The molecule has 42 heavy (non-hydrogen) atoms. The number of aryl methyl sites for hydroxylation is 1. The lowest BCUT2D eigenvalue weighted by Crippen LogP contribution is -2.33. The van der Waals surface area contributed by atoms with Crippen LogP contribution in [-0.4, -0.2) is 75.4 Å². The van der Waals surface area contributed by atoms with Gasteiger partial charge in [0, 0.05) is 12.7 Å². The number of aromatic nitrogens is 2. The van der Waals surface area contributed by atoms with Gasteiger partial charge in [0.2, 0.25) is 0 Å². The summed E-state index contributed by atoms with van der Waals surface area (Å²) in [5, 5.41) is 11.8. The highest BCUT2D eigenvalue weighted by Gasteiger charge is 2.46. The number of imidazole rings is 1. The number of carbonyl (C=O) groups is 2. The lowest BCUT2D eigenvalue weighted by Gasteiger charge is -2.27. The molecule has 0 aliphatic carbocycles. The quantitative estimate of drug-likeness (QED) is 0.106. The lowest BCUT2D eigenvalue weighted by molar-refractivity contribution is -0.140. The smallest absolute Gasteiger partial charge is 0.295 e. The van der Waals surface area contributed by atoms with E-state index in [0.717, 1.165) is 38.9 Å². The average Bonchev–Trinajstić information content (AvgIpc) is 3.46. The van der Waals surface area contributed by atoms with Crippen LogP contribution in [0.4, 0.5) is 0 Å². The topological polar surface area (TPSA) is 96.6 Å². The van der Waals surface area contributed by atoms with Gasteiger partial charge in [-0.25, -0.2) is 4.98 Å². The van der Waals surface area contributed by atoms with E-state index in [4.69, 9.17) is 9.47 Å². The first-order valence-corrected chi connectivity index (χ1v) is 15.2. The molecule has 1 aliphatic rings. The molecule has 1 saturated heterocycles. The molecule has 9 nitrogen and oxygen atoms in total. The third-order valence-electron chi connectivity index (χ3n) is 7.83. The van der Waals surface area contributed by atoms with E-state index in [0.29, 0.717) is 60.3 Å². The van der Waals surface area contributed by atoms with Gasteiger partial charge < -0.3 is 24.4 Å². The fraction of sp³-hybridized carbons (Fsp3) is 0.485. The summed E-state index contributed by atoms with van der Waals surface area (Å²) in [4.78, 5) is 35.7. The van der Waals surface area contributed by atoms with Crippen LogP contribution in [0.15, 0.2) is 48.2 Å². The van der Waals surface area contributed by atoms with Crippen molar-refractivity contribution in [2.45, 2.75) is 66.3 Å². The molecule has 3 heterocycles. The number of carbonyl (C=O) groups excluding carboxylic acids is 2. The van der Waals surface area contributed by atoms with Gasteiger partial charge in [-0.05, 0) is 76.2 Å². The van der Waals surface area contributed by atoms with Crippen LogP contribution in [0.25, 0.3) is 11.4 Å². The number of amides is 1. The molecule has 3 aromatic rings. The predicted molar refractivity (Wildman–Crippen MR) is 164 cm³/mol. The number of pyridine rings is 1. The number of ketones is 1. The Morgan fingerprint density at radius 2 is 1.79 bits per heavy atom. The van der Waals surface area contributed by atoms with Crippen molar-refractivity contribution < 1.29 is 24.2 Å². The van der Waals surface area contributed by atoms with Gasteiger partial charge >= 0.3 is 0 Å². The highest BCUT2D eigenvalue weighted by molar-refractivity contribution is 6.46. The van der Waals surface area contributed by atoms with Crippen molar-refractivity contribution in [3.63, 3.8) is 0 Å². The Morgan fingerprint density at radius 3 is 2.50 bits per heavy atom. The van der Waals surface area contributed by atoms with E-state index in [1.807, 2.05) is 43.3 Å². The zero-order valence-corrected chi connectivity index (χ0v) is 25.6. The monoisotopic (exact) mass is 576 g/mol. The van der Waals surface area contributed by atoms with E-state index >= 15 is 0 Å². The number of unbranched alkanes of at least 4 members (excludes halogenated alkanes) is 2. The molecule has 1 fully saturated rings. The van der Waals surface area contributed by atoms with Gasteiger partial charge in [-0.15, -0.1) is 0 Å². The summed E-state index contributed by atoms with van der Waals surface area (Å²) in [5.41, 5.74) is 2.34. The molecule has 1 atom stereocenters. The summed E-state index contributed by atoms with van der Waals surface area (Å²) in [5.74, 6) is -0.397. The van der Waals surface area contributed by atoms with Crippen LogP contribution >= 0.6 is 0 Å². The third-order valence-corrected chi connectivity index (χ3v) is 7.83. The Bertz CT molecular complexity index is 1430. The van der Waals surface area contributed by atoms with Crippen LogP contribution in [0.1, 0.15) is 76.4 Å². The van der Waals surface area contributed by atoms with Crippen molar-refractivity contribution in [2.75, 3.05) is 39.4 Å². The number of benzene rings is 1. The summed E-state index contributed by atoms with van der Waals surface area (Å²) in [6.07, 6.45) is 5.59. The molecule has 0 bridgehead atoms. The largest absolute Gasteiger partial charge is 0.505 e. The fourth-order valence-electron chi connectivity index (χ4n) is 5.60. The fourth-order valence-corrected chi connectivity index (χ4v) is 5.60. The number of hydrogen-bond acceptors (Lipinski definition) is 7. The van der Waals surface area contributed by atoms with Crippen molar-refractivity contribution in [3.05, 3.63) is 65.1 Å². The van der Waals surface area contributed by atoms with Crippen LogP contribution in [0, 0.1) is 6.92 Å². The highest BCUT2D eigenvalue weighted by Crippen LogP contribution is 2.42. The Balaban J connectivity index is 1.81. The third kappa shape index (κ3) is 6.46. The number of aliphatic hydroxyl groups excluding tert-OH is 1. The zero-order valence-electron chi connectivity index (χ0n) is 25.6. The zero-order chi connectivity index (χ0) is 30.2. The van der Waals surface area contributed by atoms with Crippen LogP contribution in [0.2, 0.25) is 0 Å². The highest BCUT2D eigenvalue weighted by atomic mass is 16.5. The minimum Gasteiger partial charge on any atom is -0.505 e. The molecule has 0 saturated carbocycles. The summed E-state index contributed by atoms with van der Waals surface area (Å²) in [6, 6.07) is 10.3. The SMILES string of the molecule is CCCCCOc1ccc(C2/C(=C(\O)c3c(C)nc4ccccn34)C(=O)C(=O)N2CCCN(CC)CC)cc1OCC. The second kappa shape index (κ2) is 14.4. The van der Waals surface area contributed by atoms with Crippen LogP contribution in [0.3, 0.4) is 0 Å². The standard InChI is InChI=1S/C33H44N4O5/c1-6-10-13-21-42-25-17-16-24(22-26(25)41-9-4)30-28(31(38)29-23(5)34-27-15-11-12-19-36(27)29)32(39)33(40)37(30)20-14-18-35(7-2)8-3/h11-12,15-17,19,22,30,38H,6-10,13-14,18,20-21H2,1-5H3/b31-28+. The molecule has 9 heteroatoms. The first kappa shape index (κ1) is 31.1. The summed E-state index contributed by atoms with van der Waals surface area (Å²) in [6.45, 7) is 14.0. The molecule has 2 aromatic heterocycles. The van der Waals surface area contributed by atoms with Gasteiger partial charge in [0.25, 0.3) is 11.7 Å². The second-order valence-corrected chi connectivity index (χ2v) is 10.5. The van der Waals surface area contributed by atoms with Crippen molar-refractivity contribution in [1.29, 1.82) is 0 Å². The van der Waals surface area contributed by atoms with Gasteiger partial charge in [0.15, 0.2) is 17.3 Å². The molecule has 4 rings (SSSR count). The van der Waals surface area contributed by atoms with E-state index in [1.54, 1.807) is 22.4 Å². The Kier molecular flexibility index (Phi) is 10.6. The number of nitrogens with zero attached hydrogens (tertiary/aromatic N) is 4. The van der Waals surface area contributed by atoms with E-state index in [9.17, 15) is 14.7 Å². The van der Waals surface area contributed by atoms with Crippen LogP contribution in [0.5, 0.6) is 11.5 Å². The summed E-state index contributed by atoms with van der Waals surface area (Å²) in [7, 11) is 0. The molecule has 1 amide bonds. The maximum Gasteiger partial charge on any atom is 0.295 e. The van der Waals surface area contributed by atoms with E-state index in [1.165, 1.54) is 0 Å². The Hall–Kier alpha value is -3.85. The number of hydrogen-bond donors (Lipinski definition) is 1. The molecule has 0 spiro atoms. The van der Waals surface area contributed by atoms with Gasteiger partial charge in [-0.1, -0.05) is 45.7 Å². The van der Waals surface area contributed by atoms with Gasteiger partial charge in [0.05, 0.1) is 30.5 Å². The van der Waals surface area contributed by atoms with E-state index < -0.39 is 17.7 Å². The molecular formula is C33H44N4O5. The van der Waals surface area contributed by atoms with Crippen molar-refractivity contribution in [2.24, 2.45) is 0 Å². The molecule has 1 N–H and O–H groups in total. The van der Waals surface area contributed by atoms with Gasteiger partial charge in [-0.3, -0.25) is 14.0 Å². The molecule has 226 valence electrons. The normalized spacial score (nSPS) is 16.6. The second-order valence-electron chi connectivity index (χ2n) is 10.5. The van der Waals surface area contributed by atoms with Crippen LogP contribution in [-0.2, 0) is 9.59 Å². The number of Topliss-reactive ketones (excluding diaryl/α,β-unsaturated/α-hetero) is 1.